The van der Waals surface area contributed by atoms with E-state index in [0.717, 1.165) is 11.3 Å². The van der Waals surface area contributed by atoms with Crippen LogP contribution in [0.2, 0.25) is 0 Å². The van der Waals surface area contributed by atoms with Crippen molar-refractivity contribution in [2.24, 2.45) is 12.8 Å². The Morgan fingerprint density at radius 3 is 2.67 bits per heavy atom. The van der Waals surface area contributed by atoms with Crippen molar-refractivity contribution in [3.8, 4) is 0 Å². The molecular weight excluding hydrogens is 271 g/mol. The average molecular weight is 290 g/mol. The zero-order valence-electron chi connectivity index (χ0n) is 12.4. The van der Waals surface area contributed by atoms with Gasteiger partial charge < -0.3 is 11.1 Å². The van der Waals surface area contributed by atoms with E-state index in [4.69, 9.17) is 5.73 Å². The van der Waals surface area contributed by atoms with E-state index in [-0.39, 0.29) is 24.8 Å². The quantitative estimate of drug-likeness (QED) is 0.897. The summed E-state index contributed by atoms with van der Waals surface area (Å²) < 4.78 is 15.5. The molecule has 1 amide bonds. The lowest BCUT2D eigenvalue weighted by atomic mass is 10.1. The second kappa shape index (κ2) is 6.05. The van der Waals surface area contributed by atoms with E-state index in [9.17, 15) is 9.18 Å². The zero-order valence-corrected chi connectivity index (χ0v) is 12.4. The van der Waals surface area contributed by atoms with Crippen LogP contribution in [0.25, 0.3) is 0 Å². The minimum atomic E-state index is -0.363. The standard InChI is InChI=1S/C15H19FN4O/c1-9-14(10(2)20(3)19-9)15(21)18-8-12-5-4-11(7-17)6-13(12)16/h4-6H,7-8,17H2,1-3H3,(H,18,21). The molecule has 2 aromatic rings. The lowest BCUT2D eigenvalue weighted by molar-refractivity contribution is 0.0949. The maximum Gasteiger partial charge on any atom is 0.255 e. The second-order valence-corrected chi connectivity index (χ2v) is 4.98. The Bertz CT molecular complexity index is 679. The molecule has 0 unspecified atom stereocenters. The molecule has 0 saturated carbocycles. The molecule has 1 aromatic carbocycles. The van der Waals surface area contributed by atoms with Crippen LogP contribution >= 0.6 is 0 Å². The highest BCUT2D eigenvalue weighted by molar-refractivity contribution is 5.96. The molecule has 21 heavy (non-hydrogen) atoms. The van der Waals surface area contributed by atoms with Crippen molar-refractivity contribution >= 4 is 5.91 Å². The van der Waals surface area contributed by atoms with Gasteiger partial charge in [0.25, 0.3) is 5.91 Å². The van der Waals surface area contributed by atoms with E-state index in [0.29, 0.717) is 16.8 Å². The van der Waals surface area contributed by atoms with Crippen LogP contribution in [0.4, 0.5) is 4.39 Å². The number of aromatic nitrogens is 2. The van der Waals surface area contributed by atoms with Crippen LogP contribution < -0.4 is 11.1 Å². The van der Waals surface area contributed by atoms with Crippen molar-refractivity contribution in [1.29, 1.82) is 0 Å². The Labute approximate surface area is 123 Å². The first-order valence-corrected chi connectivity index (χ1v) is 6.69. The van der Waals surface area contributed by atoms with Crippen LogP contribution in [-0.2, 0) is 20.1 Å². The SMILES string of the molecule is Cc1nn(C)c(C)c1C(=O)NCc1ccc(CN)cc1F. The number of aryl methyl sites for hydroxylation is 2. The Morgan fingerprint density at radius 2 is 2.14 bits per heavy atom. The summed E-state index contributed by atoms with van der Waals surface area (Å²) >= 11 is 0. The van der Waals surface area contributed by atoms with Crippen molar-refractivity contribution in [2.45, 2.75) is 26.9 Å². The van der Waals surface area contributed by atoms with Gasteiger partial charge in [-0.2, -0.15) is 5.10 Å². The molecule has 1 aromatic heterocycles. The molecule has 112 valence electrons. The van der Waals surface area contributed by atoms with Gasteiger partial charge >= 0.3 is 0 Å². The van der Waals surface area contributed by atoms with Gasteiger partial charge in [-0.25, -0.2) is 4.39 Å². The Kier molecular flexibility index (Phi) is 4.37. The predicted octanol–water partition coefficient (Wildman–Crippen LogP) is 1.56. The summed E-state index contributed by atoms with van der Waals surface area (Å²) in [6.07, 6.45) is 0. The molecule has 2 rings (SSSR count). The number of nitrogens with two attached hydrogens (primary N) is 1. The van der Waals surface area contributed by atoms with Gasteiger partial charge in [-0.15, -0.1) is 0 Å². The number of hydrogen-bond acceptors (Lipinski definition) is 3. The molecule has 0 radical (unpaired) electrons. The minimum absolute atomic E-state index is 0.128. The predicted molar refractivity (Wildman–Crippen MR) is 78.1 cm³/mol. The zero-order chi connectivity index (χ0) is 15.6. The third kappa shape index (κ3) is 3.11. The van der Waals surface area contributed by atoms with Crippen molar-refractivity contribution in [3.63, 3.8) is 0 Å². The van der Waals surface area contributed by atoms with Crippen LogP contribution in [0.15, 0.2) is 18.2 Å². The summed E-state index contributed by atoms with van der Waals surface area (Å²) in [5.74, 6) is -0.613. The smallest absolute Gasteiger partial charge is 0.255 e. The van der Waals surface area contributed by atoms with Gasteiger partial charge in [0, 0.05) is 31.4 Å². The van der Waals surface area contributed by atoms with Gasteiger partial charge in [0.15, 0.2) is 0 Å². The number of rotatable bonds is 4. The summed E-state index contributed by atoms with van der Waals surface area (Å²) in [4.78, 5) is 12.2. The summed E-state index contributed by atoms with van der Waals surface area (Å²) in [7, 11) is 1.78. The fourth-order valence-corrected chi connectivity index (χ4v) is 2.23. The number of carbonyl (C=O) groups excluding carboxylic acids is 1. The van der Waals surface area contributed by atoms with Gasteiger partial charge in [0.2, 0.25) is 0 Å². The number of nitrogens with one attached hydrogen (secondary N) is 1. The minimum Gasteiger partial charge on any atom is -0.348 e. The number of nitrogens with zero attached hydrogens (tertiary/aromatic N) is 2. The van der Waals surface area contributed by atoms with E-state index in [2.05, 4.69) is 10.4 Å². The first kappa shape index (κ1) is 15.2. The number of benzene rings is 1. The third-order valence-corrected chi connectivity index (χ3v) is 3.53. The van der Waals surface area contributed by atoms with Crippen molar-refractivity contribution in [2.75, 3.05) is 0 Å². The molecule has 1 heterocycles. The Morgan fingerprint density at radius 1 is 1.43 bits per heavy atom. The van der Waals surface area contributed by atoms with E-state index >= 15 is 0 Å². The van der Waals surface area contributed by atoms with E-state index in [1.165, 1.54) is 6.07 Å². The highest BCUT2D eigenvalue weighted by Crippen LogP contribution is 2.13. The summed E-state index contributed by atoms with van der Waals surface area (Å²) in [5, 5.41) is 6.92. The number of hydrogen-bond donors (Lipinski definition) is 2. The number of halogens is 1. The van der Waals surface area contributed by atoms with Crippen LogP contribution in [0, 0.1) is 19.7 Å². The maximum absolute atomic E-state index is 13.8. The molecule has 0 aliphatic heterocycles. The van der Waals surface area contributed by atoms with Crippen LogP contribution in [0.3, 0.4) is 0 Å². The molecule has 0 bridgehead atoms. The Balaban J connectivity index is 2.11. The average Bonchev–Trinajstić information content (AvgIpc) is 2.70. The molecule has 0 fully saturated rings. The first-order chi connectivity index (χ1) is 9.93. The summed E-state index contributed by atoms with van der Waals surface area (Å²) in [6.45, 7) is 4.02. The number of amides is 1. The molecule has 0 atom stereocenters. The second-order valence-electron chi connectivity index (χ2n) is 4.98. The van der Waals surface area contributed by atoms with Gasteiger partial charge in [0.1, 0.15) is 5.82 Å². The fraction of sp³-hybridized carbons (Fsp3) is 0.333. The third-order valence-electron chi connectivity index (χ3n) is 3.53. The van der Waals surface area contributed by atoms with Gasteiger partial charge in [0.05, 0.1) is 11.3 Å². The van der Waals surface area contributed by atoms with Crippen molar-refractivity contribution in [1.82, 2.24) is 15.1 Å². The molecule has 0 saturated heterocycles. The van der Waals surface area contributed by atoms with Crippen molar-refractivity contribution in [3.05, 3.63) is 52.1 Å². The van der Waals surface area contributed by atoms with Crippen molar-refractivity contribution < 1.29 is 9.18 Å². The molecule has 5 nitrogen and oxygen atoms in total. The Hall–Kier alpha value is -2.21. The lowest BCUT2D eigenvalue weighted by Crippen LogP contribution is -2.24. The molecule has 0 aliphatic rings. The lowest BCUT2D eigenvalue weighted by Gasteiger charge is -2.08. The van der Waals surface area contributed by atoms with Gasteiger partial charge in [-0.1, -0.05) is 12.1 Å². The summed E-state index contributed by atoms with van der Waals surface area (Å²) in [6, 6.07) is 4.79. The number of carbonyl (C=O) groups is 1. The van der Waals surface area contributed by atoms with E-state index in [1.54, 1.807) is 30.8 Å². The van der Waals surface area contributed by atoms with Gasteiger partial charge in [-0.3, -0.25) is 9.48 Å². The van der Waals surface area contributed by atoms with Crippen LogP contribution in [0.5, 0.6) is 0 Å². The highest BCUT2D eigenvalue weighted by Gasteiger charge is 2.17. The first-order valence-electron chi connectivity index (χ1n) is 6.69. The largest absolute Gasteiger partial charge is 0.348 e. The molecular formula is C15H19FN4O. The van der Waals surface area contributed by atoms with Gasteiger partial charge in [-0.05, 0) is 25.5 Å². The van der Waals surface area contributed by atoms with E-state index in [1.807, 2.05) is 6.92 Å². The summed E-state index contributed by atoms with van der Waals surface area (Å²) in [5.41, 5.74) is 8.59. The highest BCUT2D eigenvalue weighted by atomic mass is 19.1. The molecule has 0 aliphatic carbocycles. The molecule has 0 spiro atoms. The van der Waals surface area contributed by atoms with Crippen LogP contribution in [0.1, 0.15) is 32.9 Å². The molecule has 6 heteroatoms. The maximum atomic E-state index is 13.8. The normalized spacial score (nSPS) is 10.7. The topological polar surface area (TPSA) is 72.9 Å². The van der Waals surface area contributed by atoms with E-state index < -0.39 is 0 Å². The van der Waals surface area contributed by atoms with Crippen LogP contribution in [-0.4, -0.2) is 15.7 Å². The molecule has 3 N–H and O–H groups in total. The monoisotopic (exact) mass is 290 g/mol. The fourth-order valence-electron chi connectivity index (χ4n) is 2.23.